The summed E-state index contributed by atoms with van der Waals surface area (Å²) in [7, 11) is 0. The Kier molecular flexibility index (Phi) is 4.05. The van der Waals surface area contributed by atoms with Crippen LogP contribution in [0.5, 0.6) is 0 Å². The second kappa shape index (κ2) is 6.49. The fraction of sp³-hybridized carbons (Fsp3) is 0.250. The lowest BCUT2D eigenvalue weighted by Crippen LogP contribution is -2.43. The van der Waals surface area contributed by atoms with Gasteiger partial charge in [0, 0.05) is 37.9 Å². The van der Waals surface area contributed by atoms with Gasteiger partial charge in [0.25, 0.3) is 0 Å². The Morgan fingerprint density at radius 1 is 1.04 bits per heavy atom. The largest absolute Gasteiger partial charge is 0.437 e. The average molecular weight is 319 g/mol. The number of hydrogen-bond acceptors (Lipinski definition) is 4. The standard InChI is InChI=1S/C20H21N3O/c1-15-2-4-16(5-3-15)6-9-20-22-18-14-17(7-8-19(18)24-20)23-12-10-21-11-13-23/h2-9,14,21H,10-13H2,1H3/b9-6+. The van der Waals surface area contributed by atoms with Gasteiger partial charge in [-0.2, -0.15) is 0 Å². The summed E-state index contributed by atoms with van der Waals surface area (Å²) in [5.74, 6) is 0.642. The molecule has 4 rings (SSSR count). The molecule has 24 heavy (non-hydrogen) atoms. The van der Waals surface area contributed by atoms with E-state index in [1.54, 1.807) is 0 Å². The maximum absolute atomic E-state index is 5.83. The monoisotopic (exact) mass is 319 g/mol. The molecule has 0 bridgehead atoms. The zero-order valence-electron chi connectivity index (χ0n) is 13.8. The Bertz CT molecular complexity index is 858. The molecule has 1 aliphatic rings. The van der Waals surface area contributed by atoms with Crippen molar-refractivity contribution < 1.29 is 4.42 Å². The average Bonchev–Trinajstić information content (AvgIpc) is 3.04. The summed E-state index contributed by atoms with van der Waals surface area (Å²) in [6.07, 6.45) is 3.95. The van der Waals surface area contributed by atoms with Gasteiger partial charge in [0.05, 0.1) is 0 Å². The van der Waals surface area contributed by atoms with Gasteiger partial charge in [-0.3, -0.25) is 0 Å². The first-order valence-electron chi connectivity index (χ1n) is 8.39. The van der Waals surface area contributed by atoms with E-state index in [1.807, 2.05) is 18.2 Å². The Hall–Kier alpha value is -2.59. The van der Waals surface area contributed by atoms with Crippen molar-refractivity contribution in [3.8, 4) is 0 Å². The molecule has 4 heteroatoms. The highest BCUT2D eigenvalue weighted by Gasteiger charge is 2.12. The lowest BCUT2D eigenvalue weighted by atomic mass is 10.1. The summed E-state index contributed by atoms with van der Waals surface area (Å²) in [4.78, 5) is 6.99. The number of nitrogens with zero attached hydrogens (tertiary/aromatic N) is 2. The fourth-order valence-electron chi connectivity index (χ4n) is 2.97. The number of nitrogens with one attached hydrogen (secondary N) is 1. The summed E-state index contributed by atoms with van der Waals surface area (Å²) >= 11 is 0. The van der Waals surface area contributed by atoms with Gasteiger partial charge < -0.3 is 14.6 Å². The van der Waals surface area contributed by atoms with E-state index in [9.17, 15) is 0 Å². The first kappa shape index (κ1) is 15.0. The highest BCUT2D eigenvalue weighted by atomic mass is 16.3. The van der Waals surface area contributed by atoms with Crippen LogP contribution in [0.3, 0.4) is 0 Å². The molecule has 0 aliphatic carbocycles. The SMILES string of the molecule is Cc1ccc(/C=C/c2nc3cc(N4CCNCC4)ccc3o2)cc1. The molecule has 1 aliphatic heterocycles. The van der Waals surface area contributed by atoms with Crippen molar-refractivity contribution >= 4 is 28.9 Å². The summed E-state index contributed by atoms with van der Waals surface area (Å²) in [6, 6.07) is 14.6. The summed E-state index contributed by atoms with van der Waals surface area (Å²) in [5, 5.41) is 3.38. The van der Waals surface area contributed by atoms with Crippen LogP contribution in [-0.4, -0.2) is 31.2 Å². The molecule has 1 aromatic heterocycles. The Morgan fingerprint density at radius 3 is 2.62 bits per heavy atom. The molecule has 0 saturated carbocycles. The van der Waals surface area contributed by atoms with Gasteiger partial charge in [-0.15, -0.1) is 0 Å². The maximum Gasteiger partial charge on any atom is 0.220 e. The van der Waals surface area contributed by atoms with Gasteiger partial charge in [-0.1, -0.05) is 29.8 Å². The van der Waals surface area contributed by atoms with E-state index in [1.165, 1.54) is 11.3 Å². The predicted octanol–water partition coefficient (Wildman–Crippen LogP) is 3.72. The molecule has 0 unspecified atom stereocenters. The first-order valence-corrected chi connectivity index (χ1v) is 8.39. The molecule has 2 aromatic carbocycles. The minimum absolute atomic E-state index is 0.642. The van der Waals surface area contributed by atoms with Crippen LogP contribution in [0.4, 0.5) is 5.69 Å². The van der Waals surface area contributed by atoms with Gasteiger partial charge in [-0.25, -0.2) is 4.98 Å². The molecule has 2 heterocycles. The van der Waals surface area contributed by atoms with E-state index in [-0.39, 0.29) is 0 Å². The predicted molar refractivity (Wildman–Crippen MR) is 99.2 cm³/mol. The molecule has 0 atom stereocenters. The van der Waals surface area contributed by atoms with E-state index in [2.05, 4.69) is 58.5 Å². The van der Waals surface area contributed by atoms with Crippen molar-refractivity contribution in [2.75, 3.05) is 31.1 Å². The molecular weight excluding hydrogens is 298 g/mol. The van der Waals surface area contributed by atoms with Gasteiger partial charge >= 0.3 is 0 Å². The Morgan fingerprint density at radius 2 is 1.83 bits per heavy atom. The lowest BCUT2D eigenvalue weighted by Gasteiger charge is -2.29. The first-order chi connectivity index (χ1) is 11.8. The van der Waals surface area contributed by atoms with Crippen LogP contribution in [0.1, 0.15) is 17.0 Å². The van der Waals surface area contributed by atoms with E-state index >= 15 is 0 Å². The van der Waals surface area contributed by atoms with Crippen molar-refractivity contribution in [2.24, 2.45) is 0 Å². The van der Waals surface area contributed by atoms with Crippen molar-refractivity contribution in [1.29, 1.82) is 0 Å². The van der Waals surface area contributed by atoms with E-state index in [0.29, 0.717) is 5.89 Å². The number of anilines is 1. The number of hydrogen-bond donors (Lipinski definition) is 1. The fourth-order valence-corrected chi connectivity index (χ4v) is 2.97. The van der Waals surface area contributed by atoms with Crippen LogP contribution in [-0.2, 0) is 0 Å². The Balaban J connectivity index is 1.57. The molecule has 0 radical (unpaired) electrons. The van der Waals surface area contributed by atoms with Crippen molar-refractivity contribution in [2.45, 2.75) is 6.92 Å². The van der Waals surface area contributed by atoms with Crippen molar-refractivity contribution in [3.63, 3.8) is 0 Å². The van der Waals surface area contributed by atoms with Crippen LogP contribution in [0.2, 0.25) is 0 Å². The number of benzene rings is 2. The zero-order valence-corrected chi connectivity index (χ0v) is 13.8. The Labute approximate surface area is 141 Å². The molecule has 0 spiro atoms. The van der Waals surface area contributed by atoms with Gasteiger partial charge in [0.1, 0.15) is 5.52 Å². The number of fused-ring (bicyclic) bond motifs is 1. The van der Waals surface area contributed by atoms with Crippen molar-refractivity contribution in [1.82, 2.24) is 10.3 Å². The van der Waals surface area contributed by atoms with Crippen LogP contribution < -0.4 is 10.2 Å². The lowest BCUT2D eigenvalue weighted by molar-refractivity contribution is 0.587. The van der Waals surface area contributed by atoms with Gasteiger partial charge in [0.15, 0.2) is 5.58 Å². The number of aromatic nitrogens is 1. The van der Waals surface area contributed by atoms with Crippen LogP contribution in [0, 0.1) is 6.92 Å². The van der Waals surface area contributed by atoms with Crippen LogP contribution >= 0.6 is 0 Å². The molecule has 4 nitrogen and oxygen atoms in total. The topological polar surface area (TPSA) is 41.3 Å². The second-order valence-electron chi connectivity index (χ2n) is 6.19. The number of oxazole rings is 1. The van der Waals surface area contributed by atoms with E-state index in [4.69, 9.17) is 4.42 Å². The summed E-state index contributed by atoms with van der Waals surface area (Å²) in [5.41, 5.74) is 5.36. The molecule has 1 saturated heterocycles. The number of piperazine rings is 1. The molecule has 122 valence electrons. The third kappa shape index (κ3) is 3.19. The molecule has 1 N–H and O–H groups in total. The second-order valence-corrected chi connectivity index (χ2v) is 6.19. The highest BCUT2D eigenvalue weighted by Crippen LogP contribution is 2.24. The molecule has 3 aromatic rings. The van der Waals surface area contributed by atoms with E-state index in [0.717, 1.165) is 42.8 Å². The zero-order chi connectivity index (χ0) is 16.4. The van der Waals surface area contributed by atoms with Crippen LogP contribution in [0.15, 0.2) is 46.9 Å². The van der Waals surface area contributed by atoms with E-state index < -0.39 is 0 Å². The van der Waals surface area contributed by atoms with Gasteiger partial charge in [-0.05, 0) is 36.8 Å². The minimum Gasteiger partial charge on any atom is -0.437 e. The highest BCUT2D eigenvalue weighted by molar-refractivity contribution is 5.80. The third-order valence-corrected chi connectivity index (χ3v) is 4.37. The summed E-state index contributed by atoms with van der Waals surface area (Å²) < 4.78 is 5.83. The maximum atomic E-state index is 5.83. The third-order valence-electron chi connectivity index (χ3n) is 4.37. The number of aryl methyl sites for hydroxylation is 1. The summed E-state index contributed by atoms with van der Waals surface area (Å²) in [6.45, 7) is 6.21. The smallest absolute Gasteiger partial charge is 0.220 e. The molecule has 1 fully saturated rings. The van der Waals surface area contributed by atoms with Crippen LogP contribution in [0.25, 0.3) is 23.3 Å². The van der Waals surface area contributed by atoms with Gasteiger partial charge in [0.2, 0.25) is 5.89 Å². The normalized spacial score (nSPS) is 15.5. The molecular formula is C20H21N3O. The van der Waals surface area contributed by atoms with Crippen molar-refractivity contribution in [3.05, 3.63) is 59.5 Å². The number of rotatable bonds is 3. The quantitative estimate of drug-likeness (QED) is 0.799. The minimum atomic E-state index is 0.642. The molecule has 0 amide bonds.